The number of fused-ring (bicyclic) bond motifs is 1. The van der Waals surface area contributed by atoms with Crippen LogP contribution in [0.2, 0.25) is 0 Å². The topological polar surface area (TPSA) is 107 Å². The molecule has 2 fully saturated rings. The Hall–Kier alpha value is -4.29. The molecule has 9 nitrogen and oxygen atoms in total. The van der Waals surface area contributed by atoms with E-state index in [1.165, 1.54) is 12.1 Å². The number of halogens is 3. The fourth-order valence-corrected chi connectivity index (χ4v) is 4.31. The minimum Gasteiger partial charge on any atom is -0.457 e. The Morgan fingerprint density at radius 3 is 2.26 bits per heavy atom. The molecule has 0 aliphatic carbocycles. The van der Waals surface area contributed by atoms with Crippen molar-refractivity contribution in [1.29, 1.82) is 0 Å². The minimum atomic E-state index is -4.53. The van der Waals surface area contributed by atoms with E-state index in [9.17, 15) is 22.8 Å². The number of carbonyl (C=O) groups is 2. The van der Waals surface area contributed by atoms with Gasteiger partial charge in [0.1, 0.15) is 23.7 Å². The zero-order valence-corrected chi connectivity index (χ0v) is 20.3. The Labute approximate surface area is 221 Å². The number of hydrogen-bond acceptors (Lipinski definition) is 6. The van der Waals surface area contributed by atoms with Crippen molar-refractivity contribution in [3.05, 3.63) is 84.4 Å². The molecule has 2 aliphatic rings. The van der Waals surface area contributed by atoms with Gasteiger partial charge in [0, 0.05) is 11.4 Å². The lowest BCUT2D eigenvalue weighted by atomic mass is 10.1. The summed E-state index contributed by atoms with van der Waals surface area (Å²) in [7, 11) is 0. The number of para-hydroxylation sites is 1. The monoisotopic (exact) mass is 543 g/mol. The second kappa shape index (κ2) is 11.2. The van der Waals surface area contributed by atoms with E-state index in [4.69, 9.17) is 18.9 Å². The summed E-state index contributed by atoms with van der Waals surface area (Å²) in [6.07, 6.45) is -7.15. The van der Waals surface area contributed by atoms with E-state index in [2.05, 4.69) is 16.0 Å². The van der Waals surface area contributed by atoms with Crippen molar-refractivity contribution in [1.82, 2.24) is 5.32 Å². The first-order valence-corrected chi connectivity index (χ1v) is 12.0. The molecule has 2 heterocycles. The Morgan fingerprint density at radius 2 is 1.51 bits per heavy atom. The molecule has 0 radical (unpaired) electrons. The molecule has 3 aromatic carbocycles. The molecular weight excluding hydrogens is 519 g/mol. The van der Waals surface area contributed by atoms with E-state index in [0.29, 0.717) is 17.2 Å². The Morgan fingerprint density at radius 1 is 0.795 bits per heavy atom. The van der Waals surface area contributed by atoms with Gasteiger partial charge in [0.25, 0.3) is 0 Å². The van der Waals surface area contributed by atoms with Crippen LogP contribution >= 0.6 is 0 Å². The number of hydrogen-bond donors (Lipinski definition) is 3. The van der Waals surface area contributed by atoms with Crippen LogP contribution in [-0.2, 0) is 20.4 Å². The lowest BCUT2D eigenvalue weighted by Crippen LogP contribution is -2.46. The number of rotatable bonds is 6. The largest absolute Gasteiger partial charge is 0.457 e. The molecular formula is C27H24F3N3O6. The molecule has 3 aromatic rings. The number of alkyl halides is 3. The highest BCUT2D eigenvalue weighted by Gasteiger charge is 2.50. The van der Waals surface area contributed by atoms with E-state index in [1.54, 1.807) is 24.3 Å². The van der Waals surface area contributed by atoms with Gasteiger partial charge in [-0.3, -0.25) is 5.32 Å². The number of anilines is 2. The number of amides is 3. The maximum absolute atomic E-state index is 12.9. The number of carbonyl (C=O) groups excluding carboxylic acids is 2. The summed E-state index contributed by atoms with van der Waals surface area (Å²) in [6, 6.07) is 19.0. The van der Waals surface area contributed by atoms with Gasteiger partial charge in [0.05, 0.1) is 24.8 Å². The number of nitrogens with one attached hydrogen (secondary N) is 3. The molecule has 2 saturated heterocycles. The zero-order valence-electron chi connectivity index (χ0n) is 20.3. The van der Waals surface area contributed by atoms with Gasteiger partial charge in [-0.25, -0.2) is 9.59 Å². The summed E-state index contributed by atoms with van der Waals surface area (Å²) in [6.45, 7) is 0.135. The van der Waals surface area contributed by atoms with E-state index in [0.717, 1.165) is 12.1 Å². The molecule has 0 saturated carbocycles. The highest BCUT2D eigenvalue weighted by Crippen LogP contribution is 2.31. The van der Waals surface area contributed by atoms with E-state index in [-0.39, 0.29) is 18.9 Å². The van der Waals surface area contributed by atoms with Gasteiger partial charge in [0.2, 0.25) is 0 Å². The lowest BCUT2D eigenvalue weighted by molar-refractivity contribution is -0.137. The number of ether oxygens (including phenoxy) is 4. The maximum atomic E-state index is 12.9. The van der Waals surface area contributed by atoms with Crippen LogP contribution in [0.4, 0.5) is 34.1 Å². The Bertz CT molecular complexity index is 1310. The molecule has 2 aliphatic heterocycles. The standard InChI is InChI=1S/C27H24F3N3O6/c28-27(29,30)16-5-4-6-18(13-16)31-25(34)33-21-14-36-24-22(15-37-23(21)24)39-26(35)32-17-9-11-20(12-10-17)38-19-7-2-1-3-8-19/h1-13,21-24H,14-15H2,(H,32,35)(H2,31,33,34)/t21-,22-,23+,24+/m0/s1. The van der Waals surface area contributed by atoms with Crippen molar-refractivity contribution in [3.63, 3.8) is 0 Å². The molecule has 4 atom stereocenters. The van der Waals surface area contributed by atoms with Gasteiger partial charge in [-0.05, 0) is 54.6 Å². The third kappa shape index (κ3) is 6.59. The van der Waals surface area contributed by atoms with Crippen molar-refractivity contribution in [2.45, 2.75) is 30.5 Å². The second-order valence-corrected chi connectivity index (χ2v) is 8.89. The fraction of sp³-hybridized carbons (Fsp3) is 0.259. The van der Waals surface area contributed by atoms with Crippen LogP contribution in [0.3, 0.4) is 0 Å². The van der Waals surface area contributed by atoms with Gasteiger partial charge in [0.15, 0.2) is 6.10 Å². The highest BCUT2D eigenvalue weighted by molar-refractivity contribution is 5.89. The summed E-state index contributed by atoms with van der Waals surface area (Å²) < 4.78 is 61.3. The average molecular weight is 543 g/mol. The van der Waals surface area contributed by atoms with Crippen molar-refractivity contribution in [2.75, 3.05) is 23.8 Å². The van der Waals surface area contributed by atoms with Crippen LogP contribution in [0, 0.1) is 0 Å². The van der Waals surface area contributed by atoms with Crippen molar-refractivity contribution in [3.8, 4) is 11.5 Å². The normalized spacial score (nSPS) is 22.0. The van der Waals surface area contributed by atoms with E-state index >= 15 is 0 Å². The van der Waals surface area contributed by atoms with Crippen molar-refractivity contribution in [2.24, 2.45) is 0 Å². The average Bonchev–Trinajstić information content (AvgIpc) is 3.48. The SMILES string of the molecule is O=C(Nc1cccc(C(F)(F)F)c1)N[C@H]1CO[C@H]2[C@@H]1OC[C@@H]2OC(=O)Nc1ccc(Oc2ccccc2)cc1. The van der Waals surface area contributed by atoms with Gasteiger partial charge >= 0.3 is 18.3 Å². The summed E-state index contributed by atoms with van der Waals surface area (Å²) in [5, 5.41) is 7.67. The number of urea groups is 1. The predicted octanol–water partition coefficient (Wildman–Crippen LogP) is 5.40. The van der Waals surface area contributed by atoms with Crippen LogP contribution in [0.5, 0.6) is 11.5 Å². The molecule has 0 bridgehead atoms. The maximum Gasteiger partial charge on any atom is 0.416 e. The minimum absolute atomic E-state index is 0.0114. The number of benzene rings is 3. The highest BCUT2D eigenvalue weighted by atomic mass is 19.4. The molecule has 0 aromatic heterocycles. The second-order valence-electron chi connectivity index (χ2n) is 8.89. The lowest BCUT2D eigenvalue weighted by Gasteiger charge is -2.18. The molecule has 204 valence electrons. The van der Waals surface area contributed by atoms with Crippen LogP contribution in [0.1, 0.15) is 5.56 Å². The van der Waals surface area contributed by atoms with Gasteiger partial charge in [-0.2, -0.15) is 13.2 Å². The quantitative estimate of drug-likeness (QED) is 0.384. The van der Waals surface area contributed by atoms with Crippen LogP contribution < -0.4 is 20.7 Å². The first-order chi connectivity index (χ1) is 18.7. The molecule has 3 amide bonds. The third-order valence-corrected chi connectivity index (χ3v) is 6.11. The van der Waals surface area contributed by atoms with Gasteiger partial charge in [-0.1, -0.05) is 24.3 Å². The molecule has 12 heteroatoms. The third-order valence-electron chi connectivity index (χ3n) is 6.11. The first kappa shape index (κ1) is 26.3. The van der Waals surface area contributed by atoms with Gasteiger partial charge < -0.3 is 29.6 Å². The fourth-order valence-electron chi connectivity index (χ4n) is 4.31. The predicted molar refractivity (Wildman–Crippen MR) is 134 cm³/mol. The molecule has 3 N–H and O–H groups in total. The van der Waals surface area contributed by atoms with E-state index < -0.39 is 48.2 Å². The molecule has 0 unspecified atom stereocenters. The van der Waals surface area contributed by atoms with Crippen molar-refractivity contribution < 1.29 is 41.7 Å². The summed E-state index contributed by atoms with van der Waals surface area (Å²) in [4.78, 5) is 24.8. The molecule has 39 heavy (non-hydrogen) atoms. The first-order valence-electron chi connectivity index (χ1n) is 12.0. The van der Waals surface area contributed by atoms with Crippen LogP contribution in [0.15, 0.2) is 78.9 Å². The van der Waals surface area contributed by atoms with Crippen LogP contribution in [-0.4, -0.2) is 49.7 Å². The molecule has 5 rings (SSSR count). The van der Waals surface area contributed by atoms with Crippen LogP contribution in [0.25, 0.3) is 0 Å². The van der Waals surface area contributed by atoms with Crippen molar-refractivity contribution >= 4 is 23.5 Å². The van der Waals surface area contributed by atoms with Gasteiger partial charge in [-0.15, -0.1) is 0 Å². The van der Waals surface area contributed by atoms with E-state index in [1.807, 2.05) is 30.3 Å². The zero-order chi connectivity index (χ0) is 27.4. The Kier molecular flexibility index (Phi) is 7.57. The summed E-state index contributed by atoms with van der Waals surface area (Å²) in [5.41, 5.74) is -0.393. The summed E-state index contributed by atoms with van der Waals surface area (Å²) >= 11 is 0. The smallest absolute Gasteiger partial charge is 0.416 e. The Balaban J connectivity index is 1.09. The molecule has 0 spiro atoms. The summed E-state index contributed by atoms with van der Waals surface area (Å²) in [5.74, 6) is 1.29.